The van der Waals surface area contributed by atoms with Crippen molar-refractivity contribution in [2.45, 2.75) is 6.92 Å². The van der Waals surface area contributed by atoms with Crippen LogP contribution < -0.4 is 11.0 Å². The van der Waals surface area contributed by atoms with Crippen LogP contribution in [0.15, 0.2) is 65.7 Å². The fourth-order valence-electron chi connectivity index (χ4n) is 2.58. The molecule has 0 aliphatic carbocycles. The van der Waals surface area contributed by atoms with E-state index in [2.05, 4.69) is 20.6 Å². The molecule has 0 radical (unpaired) electrons. The summed E-state index contributed by atoms with van der Waals surface area (Å²) in [6.07, 6.45) is 1.28. The summed E-state index contributed by atoms with van der Waals surface area (Å²) in [5.74, 6) is -0.538. The number of hydrogen-bond acceptors (Lipinski definition) is 5. The van der Waals surface area contributed by atoms with Gasteiger partial charge in [-0.3, -0.25) is 15.0 Å². The number of benzene rings is 2. The fourth-order valence-corrected chi connectivity index (χ4v) is 2.58. The van der Waals surface area contributed by atoms with Crippen molar-refractivity contribution in [1.29, 1.82) is 0 Å². The largest absolute Gasteiger partial charge is 0.292 e. The number of carbonyl (C=O) groups excluding carboxylic acids is 1. The molecule has 0 bridgehead atoms. The highest BCUT2D eigenvalue weighted by Gasteiger charge is 2.17. The van der Waals surface area contributed by atoms with Gasteiger partial charge in [-0.25, -0.2) is 9.66 Å². The predicted octanol–water partition coefficient (Wildman–Crippen LogP) is 1.67. The van der Waals surface area contributed by atoms with E-state index in [4.69, 9.17) is 0 Å². The molecular formula is C18H14N6O2. The molecule has 0 saturated carbocycles. The molecule has 2 heterocycles. The molecule has 4 rings (SSSR count). The molecule has 128 valence electrons. The highest BCUT2D eigenvalue weighted by atomic mass is 16.2. The number of aryl methyl sites for hydroxylation is 1. The Balaban J connectivity index is 1.66. The summed E-state index contributed by atoms with van der Waals surface area (Å²) < 4.78 is 1.05. The van der Waals surface area contributed by atoms with E-state index >= 15 is 0 Å². The van der Waals surface area contributed by atoms with Gasteiger partial charge in [-0.2, -0.15) is 9.90 Å². The van der Waals surface area contributed by atoms with Gasteiger partial charge in [-0.05, 0) is 31.2 Å². The van der Waals surface area contributed by atoms with E-state index in [0.29, 0.717) is 16.6 Å². The summed E-state index contributed by atoms with van der Waals surface area (Å²) in [6, 6.07) is 16.2. The van der Waals surface area contributed by atoms with Gasteiger partial charge in [0.2, 0.25) is 0 Å². The third-order valence-electron chi connectivity index (χ3n) is 3.87. The Morgan fingerprint density at radius 1 is 1.00 bits per heavy atom. The number of nitrogens with one attached hydrogen (secondary N) is 1. The second-order valence-corrected chi connectivity index (χ2v) is 5.64. The van der Waals surface area contributed by atoms with Gasteiger partial charge in [-0.15, -0.1) is 5.10 Å². The lowest BCUT2D eigenvalue weighted by molar-refractivity contribution is 0.100. The van der Waals surface area contributed by atoms with Crippen molar-refractivity contribution < 1.29 is 4.79 Å². The monoisotopic (exact) mass is 346 g/mol. The van der Waals surface area contributed by atoms with E-state index < -0.39 is 5.91 Å². The molecule has 2 aromatic heterocycles. The SMILES string of the molecule is Cc1nn(-c2ccccc2)nc1C(=O)Nn1cnc2ccccc2c1=O. The number of rotatable bonds is 3. The van der Waals surface area contributed by atoms with E-state index in [1.807, 2.05) is 30.3 Å². The highest BCUT2D eigenvalue weighted by molar-refractivity contribution is 5.99. The van der Waals surface area contributed by atoms with Crippen LogP contribution in [0.5, 0.6) is 0 Å². The molecule has 0 aliphatic heterocycles. The van der Waals surface area contributed by atoms with E-state index in [1.165, 1.54) is 11.1 Å². The van der Waals surface area contributed by atoms with Crippen LogP contribution in [0.25, 0.3) is 16.6 Å². The van der Waals surface area contributed by atoms with Crippen LogP contribution in [0.4, 0.5) is 0 Å². The maximum Gasteiger partial charge on any atom is 0.292 e. The quantitative estimate of drug-likeness (QED) is 0.609. The summed E-state index contributed by atoms with van der Waals surface area (Å²) in [5.41, 5.74) is 4.03. The molecule has 26 heavy (non-hydrogen) atoms. The molecule has 8 nitrogen and oxygen atoms in total. The van der Waals surface area contributed by atoms with Crippen LogP contribution in [0.1, 0.15) is 16.2 Å². The standard InChI is InChI=1S/C18H14N6O2/c1-12-16(21-24(20-12)13-7-3-2-4-8-13)17(25)22-23-11-19-15-10-6-5-9-14(15)18(23)26/h2-11H,1H3,(H,22,25). The zero-order valence-corrected chi connectivity index (χ0v) is 13.8. The molecule has 0 atom stereocenters. The van der Waals surface area contributed by atoms with Crippen LogP contribution in [0.2, 0.25) is 0 Å². The van der Waals surface area contributed by atoms with Crippen LogP contribution >= 0.6 is 0 Å². The van der Waals surface area contributed by atoms with E-state index in [1.54, 1.807) is 31.2 Å². The minimum absolute atomic E-state index is 0.133. The minimum atomic E-state index is -0.538. The van der Waals surface area contributed by atoms with Crippen LogP contribution in [-0.2, 0) is 0 Å². The number of hydrogen-bond donors (Lipinski definition) is 1. The molecule has 0 spiro atoms. The van der Waals surface area contributed by atoms with Gasteiger partial charge in [0.1, 0.15) is 6.33 Å². The smallest absolute Gasteiger partial charge is 0.267 e. The van der Waals surface area contributed by atoms with Crippen molar-refractivity contribution in [2.75, 3.05) is 5.43 Å². The summed E-state index contributed by atoms with van der Waals surface area (Å²) in [7, 11) is 0. The Hall–Kier alpha value is -3.81. The lowest BCUT2D eigenvalue weighted by Gasteiger charge is -2.07. The molecular weight excluding hydrogens is 332 g/mol. The molecule has 1 N–H and O–H groups in total. The van der Waals surface area contributed by atoms with Gasteiger partial charge < -0.3 is 0 Å². The summed E-state index contributed by atoms with van der Waals surface area (Å²) in [4.78, 5) is 30.6. The number of para-hydroxylation sites is 2. The third kappa shape index (κ3) is 2.73. The average molecular weight is 346 g/mol. The Kier molecular flexibility index (Phi) is 3.77. The van der Waals surface area contributed by atoms with Gasteiger partial charge >= 0.3 is 0 Å². The Morgan fingerprint density at radius 3 is 2.54 bits per heavy atom. The zero-order valence-electron chi connectivity index (χ0n) is 13.8. The number of fused-ring (bicyclic) bond motifs is 1. The van der Waals surface area contributed by atoms with Crippen molar-refractivity contribution >= 4 is 16.8 Å². The topological polar surface area (TPSA) is 94.7 Å². The van der Waals surface area contributed by atoms with E-state index in [0.717, 1.165) is 10.4 Å². The van der Waals surface area contributed by atoms with Crippen LogP contribution in [0.3, 0.4) is 0 Å². The first-order valence-corrected chi connectivity index (χ1v) is 7.90. The van der Waals surface area contributed by atoms with Gasteiger partial charge in [0.25, 0.3) is 11.5 Å². The molecule has 4 aromatic rings. The number of nitrogens with zero attached hydrogens (tertiary/aromatic N) is 5. The number of aromatic nitrogens is 5. The Bertz CT molecular complexity index is 1160. The van der Waals surface area contributed by atoms with Crippen molar-refractivity contribution in [3.8, 4) is 5.69 Å². The third-order valence-corrected chi connectivity index (χ3v) is 3.87. The zero-order chi connectivity index (χ0) is 18.1. The van der Waals surface area contributed by atoms with Gasteiger partial charge in [0.05, 0.1) is 22.3 Å². The number of amides is 1. The summed E-state index contributed by atoms with van der Waals surface area (Å²) in [6.45, 7) is 1.68. The highest BCUT2D eigenvalue weighted by Crippen LogP contribution is 2.09. The van der Waals surface area contributed by atoms with Crippen molar-refractivity contribution in [1.82, 2.24) is 24.7 Å². The first-order valence-electron chi connectivity index (χ1n) is 7.90. The summed E-state index contributed by atoms with van der Waals surface area (Å²) in [5, 5.41) is 8.90. The van der Waals surface area contributed by atoms with E-state index in [9.17, 15) is 9.59 Å². The maximum absolute atomic E-state index is 12.6. The van der Waals surface area contributed by atoms with Crippen LogP contribution in [0, 0.1) is 6.92 Å². The second kappa shape index (κ2) is 6.25. The number of carbonyl (C=O) groups is 1. The lowest BCUT2D eigenvalue weighted by atomic mass is 10.2. The average Bonchev–Trinajstić information content (AvgIpc) is 3.07. The lowest BCUT2D eigenvalue weighted by Crippen LogP contribution is -2.33. The second-order valence-electron chi connectivity index (χ2n) is 5.64. The predicted molar refractivity (Wildman–Crippen MR) is 95.8 cm³/mol. The van der Waals surface area contributed by atoms with Crippen molar-refractivity contribution in [2.24, 2.45) is 0 Å². The Morgan fingerprint density at radius 2 is 1.73 bits per heavy atom. The molecule has 0 unspecified atom stereocenters. The van der Waals surface area contributed by atoms with Gasteiger partial charge in [-0.1, -0.05) is 30.3 Å². The first-order chi connectivity index (χ1) is 12.6. The van der Waals surface area contributed by atoms with Crippen LogP contribution in [-0.4, -0.2) is 30.6 Å². The van der Waals surface area contributed by atoms with Gasteiger partial charge in [0.15, 0.2) is 5.69 Å². The Labute approximate surface area is 147 Å². The van der Waals surface area contributed by atoms with Crippen molar-refractivity contribution in [3.05, 3.63) is 82.7 Å². The molecule has 8 heteroatoms. The van der Waals surface area contributed by atoms with E-state index in [-0.39, 0.29) is 11.3 Å². The molecule has 0 aliphatic rings. The minimum Gasteiger partial charge on any atom is -0.267 e. The first kappa shape index (κ1) is 15.7. The van der Waals surface area contributed by atoms with Gasteiger partial charge in [0, 0.05) is 0 Å². The maximum atomic E-state index is 12.6. The molecule has 1 amide bonds. The molecule has 0 saturated heterocycles. The normalized spacial score (nSPS) is 10.8. The molecule has 0 fully saturated rings. The fraction of sp³-hybridized carbons (Fsp3) is 0.0556. The molecule has 2 aromatic carbocycles. The summed E-state index contributed by atoms with van der Waals surface area (Å²) >= 11 is 0. The van der Waals surface area contributed by atoms with Crippen molar-refractivity contribution in [3.63, 3.8) is 0 Å².